The van der Waals surface area contributed by atoms with Crippen molar-refractivity contribution in [1.29, 1.82) is 0 Å². The number of rotatable bonds is 3. The first-order valence-corrected chi connectivity index (χ1v) is 5.81. The van der Waals surface area contributed by atoms with Crippen LogP contribution in [0.15, 0.2) is 12.1 Å². The van der Waals surface area contributed by atoms with Crippen LogP contribution < -0.4 is 0 Å². The summed E-state index contributed by atoms with van der Waals surface area (Å²) < 4.78 is 0. The van der Waals surface area contributed by atoms with Crippen molar-refractivity contribution in [3.63, 3.8) is 0 Å². The van der Waals surface area contributed by atoms with Gasteiger partial charge in [0.2, 0.25) is 0 Å². The largest absolute Gasteiger partial charge is 0.481 e. The summed E-state index contributed by atoms with van der Waals surface area (Å²) >= 11 is 0. The lowest BCUT2D eigenvalue weighted by Gasteiger charge is -2.16. The van der Waals surface area contributed by atoms with Gasteiger partial charge in [0.1, 0.15) is 0 Å². The number of carboxylic acid groups (broad SMARTS) is 1. The molecule has 0 bridgehead atoms. The number of carbonyl (C=O) groups is 1. The second kappa shape index (κ2) is 3.93. The van der Waals surface area contributed by atoms with Crippen LogP contribution in [0.5, 0.6) is 0 Å². The van der Waals surface area contributed by atoms with Gasteiger partial charge in [0.05, 0.1) is 5.92 Å². The number of hydrogen-bond acceptors (Lipinski definition) is 1. The molecule has 86 valence electrons. The molecule has 1 aliphatic carbocycles. The van der Waals surface area contributed by atoms with Crippen LogP contribution >= 0.6 is 0 Å². The first-order chi connectivity index (χ1) is 7.50. The van der Waals surface area contributed by atoms with Crippen LogP contribution in [0.3, 0.4) is 0 Å². The van der Waals surface area contributed by atoms with E-state index in [0.29, 0.717) is 5.92 Å². The van der Waals surface area contributed by atoms with Crippen LogP contribution in [0.2, 0.25) is 0 Å². The first-order valence-electron chi connectivity index (χ1n) is 5.81. The van der Waals surface area contributed by atoms with Crippen molar-refractivity contribution in [2.24, 2.45) is 5.92 Å². The maximum atomic E-state index is 11.3. The summed E-state index contributed by atoms with van der Waals surface area (Å²) in [5, 5.41) is 9.32. The summed E-state index contributed by atoms with van der Waals surface area (Å²) in [6.07, 6.45) is 2.12. The lowest BCUT2D eigenvalue weighted by atomic mass is 9.88. The molecule has 0 aromatic heterocycles. The van der Waals surface area contributed by atoms with Gasteiger partial charge in [0, 0.05) is 0 Å². The van der Waals surface area contributed by atoms with Gasteiger partial charge in [0.15, 0.2) is 0 Å². The monoisotopic (exact) mass is 218 g/mol. The molecule has 2 heteroatoms. The Hall–Kier alpha value is -1.31. The molecular weight excluding hydrogens is 200 g/mol. The van der Waals surface area contributed by atoms with Crippen LogP contribution in [0.25, 0.3) is 0 Å². The quantitative estimate of drug-likeness (QED) is 0.846. The Bertz CT molecular complexity index is 431. The fourth-order valence-electron chi connectivity index (χ4n) is 2.34. The Kier molecular flexibility index (Phi) is 2.75. The van der Waals surface area contributed by atoms with Gasteiger partial charge in [-0.2, -0.15) is 0 Å². The summed E-state index contributed by atoms with van der Waals surface area (Å²) in [7, 11) is 0. The zero-order chi connectivity index (χ0) is 11.9. The Labute approximate surface area is 96.3 Å². The standard InChI is InChI=1S/C14H18O2/c1-8-6-10(3)12(7-9(8)2)13(14(15)16)11-4-5-11/h6-7,11,13H,4-5H2,1-3H3,(H,15,16). The fourth-order valence-corrected chi connectivity index (χ4v) is 2.34. The molecule has 1 unspecified atom stereocenters. The molecule has 0 heterocycles. The van der Waals surface area contributed by atoms with E-state index in [9.17, 15) is 9.90 Å². The summed E-state index contributed by atoms with van der Waals surface area (Å²) in [5.41, 5.74) is 4.55. The molecule has 0 saturated heterocycles. The van der Waals surface area contributed by atoms with Crippen LogP contribution in [0.1, 0.15) is 41.0 Å². The lowest BCUT2D eigenvalue weighted by molar-refractivity contribution is -0.139. The Morgan fingerprint density at radius 3 is 2.25 bits per heavy atom. The molecule has 0 aliphatic heterocycles. The van der Waals surface area contributed by atoms with Crippen molar-refractivity contribution < 1.29 is 9.90 Å². The topological polar surface area (TPSA) is 37.3 Å². The Morgan fingerprint density at radius 1 is 1.19 bits per heavy atom. The average Bonchev–Trinajstić information content (AvgIpc) is 2.97. The third kappa shape index (κ3) is 1.97. The van der Waals surface area contributed by atoms with Crippen LogP contribution in [0, 0.1) is 26.7 Å². The minimum absolute atomic E-state index is 0.292. The van der Waals surface area contributed by atoms with Crippen LogP contribution in [-0.2, 0) is 4.79 Å². The molecule has 0 spiro atoms. The molecule has 1 aromatic rings. The average molecular weight is 218 g/mol. The molecule has 2 nitrogen and oxygen atoms in total. The van der Waals surface area contributed by atoms with E-state index in [1.165, 1.54) is 11.1 Å². The van der Waals surface area contributed by atoms with Gasteiger partial charge in [-0.3, -0.25) is 4.79 Å². The zero-order valence-electron chi connectivity index (χ0n) is 10.1. The molecule has 16 heavy (non-hydrogen) atoms. The van der Waals surface area contributed by atoms with E-state index in [-0.39, 0.29) is 5.92 Å². The highest BCUT2D eigenvalue weighted by atomic mass is 16.4. The van der Waals surface area contributed by atoms with E-state index in [0.717, 1.165) is 24.0 Å². The van der Waals surface area contributed by atoms with Crippen molar-refractivity contribution in [2.45, 2.75) is 39.5 Å². The molecular formula is C14H18O2. The highest BCUT2D eigenvalue weighted by Gasteiger charge is 2.38. The van der Waals surface area contributed by atoms with Gasteiger partial charge in [-0.05, 0) is 61.8 Å². The lowest BCUT2D eigenvalue weighted by Crippen LogP contribution is -2.15. The van der Waals surface area contributed by atoms with Gasteiger partial charge in [-0.1, -0.05) is 12.1 Å². The highest BCUT2D eigenvalue weighted by molar-refractivity contribution is 5.77. The molecule has 0 amide bonds. The third-order valence-electron chi connectivity index (χ3n) is 3.58. The van der Waals surface area contributed by atoms with Crippen molar-refractivity contribution in [3.05, 3.63) is 34.4 Å². The number of aryl methyl sites for hydroxylation is 3. The molecule has 1 atom stereocenters. The Morgan fingerprint density at radius 2 is 1.75 bits per heavy atom. The van der Waals surface area contributed by atoms with Crippen LogP contribution in [0.4, 0.5) is 0 Å². The minimum atomic E-state index is -0.672. The number of hydrogen-bond donors (Lipinski definition) is 1. The molecule has 1 fully saturated rings. The van der Waals surface area contributed by atoms with Gasteiger partial charge in [0.25, 0.3) is 0 Å². The fraction of sp³-hybridized carbons (Fsp3) is 0.500. The van der Waals surface area contributed by atoms with Gasteiger partial charge < -0.3 is 5.11 Å². The Balaban J connectivity index is 2.44. The molecule has 1 aliphatic rings. The SMILES string of the molecule is Cc1cc(C)c(C(C(=O)O)C2CC2)cc1C. The van der Waals surface area contributed by atoms with E-state index in [1.807, 2.05) is 13.8 Å². The molecule has 1 saturated carbocycles. The predicted octanol–water partition coefficient (Wildman–Crippen LogP) is 3.19. The van der Waals surface area contributed by atoms with Crippen LogP contribution in [-0.4, -0.2) is 11.1 Å². The number of aliphatic carboxylic acids is 1. The first kappa shape index (κ1) is 11.2. The van der Waals surface area contributed by atoms with E-state index < -0.39 is 5.97 Å². The summed E-state index contributed by atoms with van der Waals surface area (Å²) in [6, 6.07) is 4.16. The molecule has 1 N–H and O–H groups in total. The normalized spacial score (nSPS) is 17.2. The smallest absolute Gasteiger partial charge is 0.311 e. The molecule has 0 radical (unpaired) electrons. The zero-order valence-corrected chi connectivity index (χ0v) is 10.1. The second-order valence-electron chi connectivity index (χ2n) is 4.95. The van der Waals surface area contributed by atoms with Crippen molar-refractivity contribution >= 4 is 5.97 Å². The van der Waals surface area contributed by atoms with Crippen molar-refractivity contribution in [1.82, 2.24) is 0 Å². The van der Waals surface area contributed by atoms with Gasteiger partial charge >= 0.3 is 5.97 Å². The maximum Gasteiger partial charge on any atom is 0.311 e. The molecule has 2 rings (SSSR count). The van der Waals surface area contributed by atoms with E-state index in [4.69, 9.17) is 0 Å². The minimum Gasteiger partial charge on any atom is -0.481 e. The van der Waals surface area contributed by atoms with Crippen molar-refractivity contribution in [3.8, 4) is 0 Å². The third-order valence-corrected chi connectivity index (χ3v) is 3.58. The summed E-state index contributed by atoms with van der Waals surface area (Å²) in [5.74, 6) is -0.605. The van der Waals surface area contributed by atoms with E-state index in [2.05, 4.69) is 19.1 Å². The number of carboxylic acids is 1. The highest BCUT2D eigenvalue weighted by Crippen LogP contribution is 2.44. The van der Waals surface area contributed by atoms with E-state index >= 15 is 0 Å². The summed E-state index contributed by atoms with van der Waals surface area (Å²) in [6.45, 7) is 6.13. The number of benzene rings is 1. The maximum absolute atomic E-state index is 11.3. The van der Waals surface area contributed by atoms with E-state index in [1.54, 1.807) is 0 Å². The van der Waals surface area contributed by atoms with Crippen molar-refractivity contribution in [2.75, 3.05) is 0 Å². The predicted molar refractivity (Wildman–Crippen MR) is 63.8 cm³/mol. The summed E-state index contributed by atoms with van der Waals surface area (Å²) in [4.78, 5) is 11.3. The van der Waals surface area contributed by atoms with Gasteiger partial charge in [-0.15, -0.1) is 0 Å². The van der Waals surface area contributed by atoms with Gasteiger partial charge in [-0.25, -0.2) is 0 Å². The molecule has 1 aromatic carbocycles. The second-order valence-corrected chi connectivity index (χ2v) is 4.95.